The normalized spacial score (nSPS) is 35.5. The van der Waals surface area contributed by atoms with Crippen LogP contribution in [0.1, 0.15) is 12.8 Å². The molecule has 0 aromatic carbocycles. The van der Waals surface area contributed by atoms with Crippen molar-refractivity contribution in [3.05, 3.63) is 18.3 Å². The number of likely N-dealkylation sites (tertiary alicyclic amines) is 1. The molecule has 2 bridgehead atoms. The zero-order valence-corrected chi connectivity index (χ0v) is 11.3. The Morgan fingerprint density at radius 2 is 1.95 bits per heavy atom. The van der Waals surface area contributed by atoms with Crippen molar-refractivity contribution in [3.63, 3.8) is 0 Å². The van der Waals surface area contributed by atoms with Crippen molar-refractivity contribution in [1.29, 1.82) is 0 Å². The van der Waals surface area contributed by atoms with Gasteiger partial charge in [-0.05, 0) is 36.5 Å². The first-order valence-electron chi connectivity index (χ1n) is 6.83. The Morgan fingerprint density at radius 3 is 2.47 bits per heavy atom. The predicted molar refractivity (Wildman–Crippen MR) is 72.8 cm³/mol. The van der Waals surface area contributed by atoms with Gasteiger partial charge in [0.2, 0.25) is 0 Å². The number of rotatable bonds is 1. The summed E-state index contributed by atoms with van der Waals surface area (Å²) in [5.74, 6) is 3.28. The molecule has 1 saturated carbocycles. The summed E-state index contributed by atoms with van der Waals surface area (Å²) in [6.45, 7) is 1.78. The minimum absolute atomic E-state index is 0.0264. The van der Waals surface area contributed by atoms with Gasteiger partial charge in [-0.2, -0.15) is 8.75 Å². The molecule has 4 aliphatic rings. The molecule has 1 aromatic heterocycles. The highest BCUT2D eigenvalue weighted by atomic mass is 32.1. The topological polar surface area (TPSA) is 58.1 Å². The Balaban J connectivity index is 1.46. The van der Waals surface area contributed by atoms with Crippen LogP contribution in [0.5, 0.6) is 0 Å². The summed E-state index contributed by atoms with van der Waals surface area (Å²) >= 11 is 1.11. The van der Waals surface area contributed by atoms with Crippen LogP contribution in [-0.2, 0) is 0 Å². The van der Waals surface area contributed by atoms with E-state index in [9.17, 15) is 4.79 Å². The van der Waals surface area contributed by atoms with E-state index in [4.69, 9.17) is 0 Å². The second-order valence-electron chi connectivity index (χ2n) is 5.75. The maximum absolute atomic E-state index is 12.2. The summed E-state index contributed by atoms with van der Waals surface area (Å²) in [4.78, 5) is 14.2. The van der Waals surface area contributed by atoms with Crippen molar-refractivity contribution >= 4 is 23.6 Å². The van der Waals surface area contributed by atoms with E-state index in [1.807, 2.05) is 4.90 Å². The first-order valence-corrected chi connectivity index (χ1v) is 7.56. The highest BCUT2D eigenvalue weighted by Gasteiger charge is 2.46. The smallest absolute Gasteiger partial charge is 0.323 e. The van der Waals surface area contributed by atoms with Crippen molar-refractivity contribution in [2.75, 3.05) is 18.4 Å². The van der Waals surface area contributed by atoms with Crippen LogP contribution < -0.4 is 5.32 Å². The van der Waals surface area contributed by atoms with E-state index in [2.05, 4.69) is 26.2 Å². The van der Waals surface area contributed by atoms with Crippen LogP contribution in [0, 0.1) is 23.7 Å². The molecule has 100 valence electrons. The summed E-state index contributed by atoms with van der Waals surface area (Å²) in [6, 6.07) is -0.0264. The lowest BCUT2D eigenvalue weighted by Crippen LogP contribution is -2.35. The maximum atomic E-state index is 12.2. The van der Waals surface area contributed by atoms with E-state index < -0.39 is 0 Å². The fourth-order valence-corrected chi connectivity index (χ4v) is 4.29. The fourth-order valence-electron chi connectivity index (χ4n) is 3.91. The van der Waals surface area contributed by atoms with Crippen LogP contribution in [-0.4, -0.2) is 32.8 Å². The van der Waals surface area contributed by atoms with Gasteiger partial charge in [-0.25, -0.2) is 4.79 Å². The highest BCUT2D eigenvalue weighted by molar-refractivity contribution is 6.99. The Labute approximate surface area is 116 Å². The second-order valence-corrected chi connectivity index (χ2v) is 6.30. The van der Waals surface area contributed by atoms with Gasteiger partial charge in [0.1, 0.15) is 0 Å². The Hall–Kier alpha value is -1.43. The third kappa shape index (κ3) is 1.85. The molecule has 1 saturated heterocycles. The lowest BCUT2D eigenvalue weighted by Gasteiger charge is -2.40. The molecule has 3 aliphatic carbocycles. The number of carbonyl (C=O) groups is 1. The van der Waals surface area contributed by atoms with E-state index >= 15 is 0 Å². The average Bonchev–Trinajstić information content (AvgIpc) is 3.09. The maximum Gasteiger partial charge on any atom is 0.323 e. The van der Waals surface area contributed by atoms with Gasteiger partial charge in [-0.1, -0.05) is 12.2 Å². The molecule has 0 unspecified atom stereocenters. The summed E-state index contributed by atoms with van der Waals surface area (Å²) in [6.07, 6.45) is 8.95. The molecular formula is C13H16N4OS. The van der Waals surface area contributed by atoms with Crippen molar-refractivity contribution in [1.82, 2.24) is 13.6 Å². The van der Waals surface area contributed by atoms with Crippen LogP contribution in [0.25, 0.3) is 0 Å². The SMILES string of the molecule is O=C(Nc1cnsn1)N1C[C@@H]2[C@H](C1)[C@H]1C=C[C@@H]2CC1. The van der Waals surface area contributed by atoms with E-state index in [0.29, 0.717) is 29.5 Å². The van der Waals surface area contributed by atoms with Crippen molar-refractivity contribution in [2.24, 2.45) is 23.7 Å². The Morgan fingerprint density at radius 1 is 1.26 bits per heavy atom. The van der Waals surface area contributed by atoms with Crippen LogP contribution in [0.15, 0.2) is 18.3 Å². The number of allylic oxidation sites excluding steroid dienone is 2. The van der Waals surface area contributed by atoms with Gasteiger partial charge in [0, 0.05) is 13.1 Å². The zero-order chi connectivity index (χ0) is 12.8. The molecule has 0 radical (unpaired) electrons. The molecule has 0 spiro atoms. The molecule has 4 atom stereocenters. The number of hydrogen-bond acceptors (Lipinski definition) is 4. The number of aromatic nitrogens is 2. The molecule has 2 heterocycles. The van der Waals surface area contributed by atoms with Gasteiger partial charge in [-0.15, -0.1) is 0 Å². The van der Waals surface area contributed by atoms with Gasteiger partial charge in [0.15, 0.2) is 5.82 Å². The van der Waals surface area contributed by atoms with Crippen LogP contribution in [0.3, 0.4) is 0 Å². The number of anilines is 1. The number of fused-ring (bicyclic) bond motifs is 1. The molecule has 5 rings (SSSR count). The Kier molecular flexibility index (Phi) is 2.58. The predicted octanol–water partition coefficient (Wildman–Crippen LogP) is 2.21. The minimum Gasteiger partial charge on any atom is -0.324 e. The number of amides is 2. The average molecular weight is 276 g/mol. The molecule has 2 fully saturated rings. The summed E-state index contributed by atoms with van der Waals surface area (Å²) in [5.41, 5.74) is 0. The number of hydrogen-bond donors (Lipinski definition) is 1. The number of carbonyl (C=O) groups excluding carboxylic acids is 1. The van der Waals surface area contributed by atoms with Crippen LogP contribution in [0.4, 0.5) is 10.6 Å². The lowest BCUT2D eigenvalue weighted by molar-refractivity contribution is 0.169. The summed E-state index contributed by atoms with van der Waals surface area (Å²) < 4.78 is 7.92. The van der Waals surface area contributed by atoms with Crippen molar-refractivity contribution < 1.29 is 4.79 Å². The molecule has 19 heavy (non-hydrogen) atoms. The van der Waals surface area contributed by atoms with E-state index in [-0.39, 0.29) is 6.03 Å². The fraction of sp³-hybridized carbons (Fsp3) is 0.615. The largest absolute Gasteiger partial charge is 0.324 e. The van der Waals surface area contributed by atoms with Crippen molar-refractivity contribution in [3.8, 4) is 0 Å². The molecule has 1 aliphatic heterocycles. The molecule has 6 heteroatoms. The van der Waals surface area contributed by atoms with E-state index in [0.717, 1.165) is 24.8 Å². The molecule has 1 N–H and O–H groups in total. The molecule has 5 nitrogen and oxygen atoms in total. The molecule has 2 amide bonds. The summed E-state index contributed by atoms with van der Waals surface area (Å²) in [5, 5.41) is 2.83. The van der Waals surface area contributed by atoms with Gasteiger partial charge in [0.25, 0.3) is 0 Å². The van der Waals surface area contributed by atoms with E-state index in [1.54, 1.807) is 6.20 Å². The monoisotopic (exact) mass is 276 g/mol. The molecule has 1 aromatic rings. The zero-order valence-electron chi connectivity index (χ0n) is 10.5. The van der Waals surface area contributed by atoms with Gasteiger partial charge in [-0.3, -0.25) is 5.32 Å². The van der Waals surface area contributed by atoms with Crippen LogP contribution >= 0.6 is 11.7 Å². The highest BCUT2D eigenvalue weighted by Crippen LogP contribution is 2.48. The number of urea groups is 1. The quantitative estimate of drug-likeness (QED) is 0.800. The lowest BCUT2D eigenvalue weighted by atomic mass is 9.64. The first-order chi connectivity index (χ1) is 9.31. The number of nitrogens with one attached hydrogen (secondary N) is 1. The third-order valence-electron chi connectivity index (χ3n) is 4.83. The standard InChI is InChI=1S/C13H16N4OS/c18-13(15-12-5-14-19-16-12)17-6-10-8-1-2-9(4-3-8)11(10)7-17/h1-2,5,8-11H,3-4,6-7H2,(H,15,16,18)/t8-,9+,10+,11-. The number of nitrogens with zero attached hydrogens (tertiary/aromatic N) is 3. The Bertz CT molecular complexity index is 493. The van der Waals surface area contributed by atoms with E-state index in [1.165, 1.54) is 12.8 Å². The molecular weight excluding hydrogens is 260 g/mol. The van der Waals surface area contributed by atoms with Crippen LogP contribution in [0.2, 0.25) is 0 Å². The minimum atomic E-state index is -0.0264. The third-order valence-corrected chi connectivity index (χ3v) is 5.31. The van der Waals surface area contributed by atoms with Gasteiger partial charge in [0.05, 0.1) is 17.9 Å². The van der Waals surface area contributed by atoms with Gasteiger partial charge >= 0.3 is 6.03 Å². The van der Waals surface area contributed by atoms with Crippen molar-refractivity contribution in [2.45, 2.75) is 12.8 Å². The van der Waals surface area contributed by atoms with Gasteiger partial charge < -0.3 is 4.90 Å². The summed E-state index contributed by atoms with van der Waals surface area (Å²) in [7, 11) is 0. The second kappa shape index (κ2) is 4.30. The first kappa shape index (κ1) is 11.4.